The number of aromatic nitrogens is 5. The van der Waals surface area contributed by atoms with Crippen LogP contribution in [-0.4, -0.2) is 32.3 Å². The van der Waals surface area contributed by atoms with Crippen LogP contribution in [0.4, 0.5) is 0 Å². The Hall–Kier alpha value is -2.32. The van der Waals surface area contributed by atoms with Gasteiger partial charge in [-0.15, -0.1) is 15.3 Å². The van der Waals surface area contributed by atoms with Gasteiger partial charge in [0.2, 0.25) is 5.13 Å². The third-order valence-corrected chi connectivity index (χ3v) is 3.79. The smallest absolute Gasteiger partial charge is 0.234 e. The molecule has 2 heterocycles. The highest BCUT2D eigenvalue weighted by Crippen LogP contribution is 2.28. The molecule has 0 bridgehead atoms. The summed E-state index contributed by atoms with van der Waals surface area (Å²) < 4.78 is 6.94. The van der Waals surface area contributed by atoms with Crippen LogP contribution in [0.5, 0.6) is 5.75 Å². The lowest BCUT2D eigenvalue weighted by Crippen LogP contribution is -2.02. The van der Waals surface area contributed by atoms with E-state index in [0.717, 1.165) is 22.0 Å². The summed E-state index contributed by atoms with van der Waals surface area (Å²) >= 11 is 1.45. The molecule has 0 spiro atoms. The van der Waals surface area contributed by atoms with Crippen molar-refractivity contribution in [2.24, 2.45) is 5.73 Å². The van der Waals surface area contributed by atoms with Crippen LogP contribution < -0.4 is 10.5 Å². The van der Waals surface area contributed by atoms with E-state index < -0.39 is 0 Å². The SMILES string of the molecule is COc1cccc(-c2c(CN)nnn2-c2nnc(C)s2)c1. The first kappa shape index (κ1) is 13.7. The van der Waals surface area contributed by atoms with Crippen LogP contribution in [-0.2, 0) is 6.54 Å². The van der Waals surface area contributed by atoms with Gasteiger partial charge < -0.3 is 10.5 Å². The molecule has 0 aliphatic rings. The van der Waals surface area contributed by atoms with E-state index in [9.17, 15) is 0 Å². The van der Waals surface area contributed by atoms with Gasteiger partial charge in [-0.1, -0.05) is 28.7 Å². The van der Waals surface area contributed by atoms with E-state index in [-0.39, 0.29) is 0 Å². The van der Waals surface area contributed by atoms with Crippen LogP contribution in [0.25, 0.3) is 16.4 Å². The molecule has 0 unspecified atom stereocenters. The largest absolute Gasteiger partial charge is 0.497 e. The average Bonchev–Trinajstić information content (AvgIpc) is 3.12. The number of nitrogens with two attached hydrogens (primary N) is 1. The molecular weight excluding hydrogens is 288 g/mol. The maximum atomic E-state index is 5.78. The summed E-state index contributed by atoms with van der Waals surface area (Å²) in [7, 11) is 1.63. The van der Waals surface area contributed by atoms with Gasteiger partial charge in [0.25, 0.3) is 0 Å². The minimum Gasteiger partial charge on any atom is -0.497 e. The molecule has 0 saturated carbocycles. The Balaban J connectivity index is 2.17. The second-order valence-corrected chi connectivity index (χ2v) is 5.50. The molecule has 0 aliphatic heterocycles. The lowest BCUT2D eigenvalue weighted by Gasteiger charge is -2.06. The van der Waals surface area contributed by atoms with Gasteiger partial charge in [-0.05, 0) is 19.1 Å². The number of ether oxygens (including phenoxy) is 1. The molecule has 3 rings (SSSR count). The molecule has 0 amide bonds. The second-order valence-electron chi connectivity index (χ2n) is 4.34. The molecule has 21 heavy (non-hydrogen) atoms. The maximum absolute atomic E-state index is 5.78. The number of nitrogens with zero attached hydrogens (tertiary/aromatic N) is 5. The Kier molecular flexibility index (Phi) is 3.63. The highest BCUT2D eigenvalue weighted by Gasteiger charge is 2.18. The fourth-order valence-corrected chi connectivity index (χ4v) is 2.66. The van der Waals surface area contributed by atoms with Gasteiger partial charge in [-0.3, -0.25) is 0 Å². The summed E-state index contributed by atoms with van der Waals surface area (Å²) in [5, 5.41) is 18.0. The van der Waals surface area contributed by atoms with Gasteiger partial charge in [-0.25, -0.2) is 0 Å². The molecule has 0 atom stereocenters. The van der Waals surface area contributed by atoms with Crippen molar-refractivity contribution in [1.82, 2.24) is 25.2 Å². The highest BCUT2D eigenvalue weighted by molar-refractivity contribution is 7.13. The summed E-state index contributed by atoms with van der Waals surface area (Å²) in [6.45, 7) is 2.19. The normalized spacial score (nSPS) is 10.8. The highest BCUT2D eigenvalue weighted by atomic mass is 32.1. The summed E-state index contributed by atoms with van der Waals surface area (Å²) in [5.41, 5.74) is 8.22. The minimum absolute atomic E-state index is 0.296. The van der Waals surface area contributed by atoms with E-state index in [2.05, 4.69) is 20.5 Å². The standard InChI is InChI=1S/C13H14N6OS/c1-8-15-17-13(21-8)19-12(11(7-14)16-18-19)9-4-3-5-10(6-9)20-2/h3-6H,7,14H2,1-2H3. The Labute approximate surface area is 125 Å². The van der Waals surface area contributed by atoms with E-state index in [1.807, 2.05) is 31.2 Å². The zero-order valence-electron chi connectivity index (χ0n) is 11.6. The van der Waals surface area contributed by atoms with Crippen molar-refractivity contribution in [3.63, 3.8) is 0 Å². The monoisotopic (exact) mass is 302 g/mol. The Morgan fingerprint density at radius 3 is 2.81 bits per heavy atom. The molecule has 0 saturated heterocycles. The molecule has 8 heteroatoms. The van der Waals surface area contributed by atoms with Crippen molar-refractivity contribution in [1.29, 1.82) is 0 Å². The zero-order valence-corrected chi connectivity index (χ0v) is 12.5. The van der Waals surface area contributed by atoms with E-state index in [1.165, 1.54) is 11.3 Å². The Morgan fingerprint density at radius 2 is 2.14 bits per heavy atom. The molecule has 0 fully saturated rings. The van der Waals surface area contributed by atoms with Crippen LogP contribution in [0.2, 0.25) is 0 Å². The fraction of sp³-hybridized carbons (Fsp3) is 0.231. The average molecular weight is 302 g/mol. The summed E-state index contributed by atoms with van der Waals surface area (Å²) in [4.78, 5) is 0. The molecule has 1 aromatic carbocycles. The summed E-state index contributed by atoms with van der Waals surface area (Å²) in [6.07, 6.45) is 0. The predicted octanol–water partition coefficient (Wildman–Crippen LogP) is 1.56. The first-order valence-corrected chi connectivity index (χ1v) is 7.14. The minimum atomic E-state index is 0.296. The topological polar surface area (TPSA) is 91.7 Å². The van der Waals surface area contributed by atoms with E-state index in [0.29, 0.717) is 17.4 Å². The maximum Gasteiger partial charge on any atom is 0.234 e. The van der Waals surface area contributed by atoms with E-state index in [1.54, 1.807) is 11.8 Å². The third-order valence-electron chi connectivity index (χ3n) is 2.97. The van der Waals surface area contributed by atoms with Crippen molar-refractivity contribution in [3.05, 3.63) is 35.0 Å². The first-order valence-electron chi connectivity index (χ1n) is 6.32. The van der Waals surface area contributed by atoms with Crippen LogP contribution in [0.3, 0.4) is 0 Å². The molecule has 0 radical (unpaired) electrons. The van der Waals surface area contributed by atoms with Gasteiger partial charge in [0, 0.05) is 12.1 Å². The van der Waals surface area contributed by atoms with Crippen LogP contribution in [0.15, 0.2) is 24.3 Å². The van der Waals surface area contributed by atoms with Gasteiger partial charge in [0.1, 0.15) is 22.1 Å². The van der Waals surface area contributed by atoms with Crippen molar-refractivity contribution in [2.45, 2.75) is 13.5 Å². The van der Waals surface area contributed by atoms with Crippen LogP contribution >= 0.6 is 11.3 Å². The Bertz CT molecular complexity index is 766. The van der Waals surface area contributed by atoms with Gasteiger partial charge >= 0.3 is 0 Å². The molecular formula is C13H14N6OS. The van der Waals surface area contributed by atoms with Crippen molar-refractivity contribution < 1.29 is 4.74 Å². The molecule has 0 aliphatic carbocycles. The quantitative estimate of drug-likeness (QED) is 0.786. The van der Waals surface area contributed by atoms with Crippen LogP contribution in [0, 0.1) is 6.92 Å². The first-order chi connectivity index (χ1) is 10.2. The lowest BCUT2D eigenvalue weighted by molar-refractivity contribution is 0.415. The summed E-state index contributed by atoms with van der Waals surface area (Å²) in [6, 6.07) is 7.68. The summed E-state index contributed by atoms with van der Waals surface area (Å²) in [5.74, 6) is 0.761. The van der Waals surface area contributed by atoms with E-state index in [4.69, 9.17) is 10.5 Å². The zero-order chi connectivity index (χ0) is 14.8. The number of benzene rings is 1. The molecule has 2 N–H and O–H groups in total. The van der Waals surface area contributed by atoms with Gasteiger partial charge in [0.15, 0.2) is 0 Å². The van der Waals surface area contributed by atoms with Crippen molar-refractivity contribution >= 4 is 11.3 Å². The molecule has 108 valence electrons. The van der Waals surface area contributed by atoms with Crippen molar-refractivity contribution in [2.75, 3.05) is 7.11 Å². The number of hydrogen-bond acceptors (Lipinski definition) is 7. The number of hydrogen-bond donors (Lipinski definition) is 1. The van der Waals surface area contributed by atoms with Gasteiger partial charge in [-0.2, -0.15) is 4.68 Å². The molecule has 2 aromatic heterocycles. The third kappa shape index (κ3) is 2.50. The molecule has 7 nitrogen and oxygen atoms in total. The second kappa shape index (κ2) is 5.58. The van der Waals surface area contributed by atoms with Crippen LogP contribution in [0.1, 0.15) is 10.7 Å². The Morgan fingerprint density at radius 1 is 1.29 bits per heavy atom. The van der Waals surface area contributed by atoms with Crippen molar-refractivity contribution in [3.8, 4) is 22.1 Å². The van der Waals surface area contributed by atoms with Gasteiger partial charge in [0.05, 0.1) is 7.11 Å². The van der Waals surface area contributed by atoms with E-state index >= 15 is 0 Å². The fourth-order valence-electron chi connectivity index (χ4n) is 2.02. The number of aryl methyl sites for hydroxylation is 1. The lowest BCUT2D eigenvalue weighted by atomic mass is 10.1. The predicted molar refractivity (Wildman–Crippen MR) is 79.4 cm³/mol. The molecule has 3 aromatic rings. The number of methoxy groups -OCH3 is 1. The number of rotatable bonds is 4.